The number of nitrogens with zero attached hydrogens (tertiary/aromatic N) is 2. The van der Waals surface area contributed by atoms with E-state index in [0.29, 0.717) is 5.92 Å². The molecule has 0 bridgehead atoms. The number of carboxylic acids is 1. The van der Waals surface area contributed by atoms with Crippen molar-refractivity contribution >= 4 is 12.0 Å². The maximum Gasteiger partial charge on any atom is 0.320 e. The van der Waals surface area contributed by atoms with E-state index >= 15 is 0 Å². The van der Waals surface area contributed by atoms with E-state index in [1.165, 1.54) is 12.8 Å². The third-order valence-corrected chi connectivity index (χ3v) is 5.48. The monoisotopic (exact) mass is 296 g/mol. The predicted molar refractivity (Wildman–Crippen MR) is 81.2 cm³/mol. The number of aliphatic carboxylic acids is 1. The summed E-state index contributed by atoms with van der Waals surface area (Å²) < 4.78 is 0. The topological polar surface area (TPSA) is 60.9 Å². The molecule has 1 unspecified atom stereocenters. The molecule has 2 saturated carbocycles. The minimum absolute atomic E-state index is 0.0300. The van der Waals surface area contributed by atoms with Crippen LogP contribution < -0.4 is 0 Å². The smallest absolute Gasteiger partial charge is 0.320 e. The Bertz CT molecular complexity index is 400. The van der Waals surface area contributed by atoms with Crippen molar-refractivity contribution < 1.29 is 14.7 Å². The van der Waals surface area contributed by atoms with Crippen LogP contribution in [0.1, 0.15) is 58.3 Å². The highest BCUT2D eigenvalue weighted by molar-refractivity contribution is 5.77. The van der Waals surface area contributed by atoms with E-state index in [9.17, 15) is 14.7 Å². The SMILES string of the molecule is CC(C1CC1)N(C)C(=O)N(C)C1(CC(=O)O)CCCCC1. The molecule has 2 fully saturated rings. The van der Waals surface area contributed by atoms with Crippen LogP contribution in [0.3, 0.4) is 0 Å². The molecule has 5 heteroatoms. The van der Waals surface area contributed by atoms with Gasteiger partial charge in [-0.05, 0) is 38.5 Å². The molecule has 2 rings (SSSR count). The summed E-state index contributed by atoms with van der Waals surface area (Å²) in [5, 5.41) is 9.26. The molecule has 2 aliphatic rings. The first-order valence-corrected chi connectivity index (χ1v) is 8.10. The van der Waals surface area contributed by atoms with Crippen LogP contribution in [0.2, 0.25) is 0 Å². The number of urea groups is 1. The molecule has 0 radical (unpaired) electrons. The largest absolute Gasteiger partial charge is 0.481 e. The second-order valence-electron chi connectivity index (χ2n) is 6.89. The number of hydrogen-bond acceptors (Lipinski definition) is 2. The number of carbonyl (C=O) groups excluding carboxylic acids is 1. The highest BCUT2D eigenvalue weighted by atomic mass is 16.4. The van der Waals surface area contributed by atoms with Gasteiger partial charge in [0.15, 0.2) is 0 Å². The van der Waals surface area contributed by atoms with Gasteiger partial charge in [-0.3, -0.25) is 4.79 Å². The fourth-order valence-corrected chi connectivity index (χ4v) is 3.63. The van der Waals surface area contributed by atoms with Gasteiger partial charge in [-0.15, -0.1) is 0 Å². The molecular formula is C16H28N2O3. The Labute approximate surface area is 127 Å². The van der Waals surface area contributed by atoms with Gasteiger partial charge in [0.1, 0.15) is 0 Å². The molecule has 120 valence electrons. The van der Waals surface area contributed by atoms with Crippen LogP contribution in [0.5, 0.6) is 0 Å². The van der Waals surface area contributed by atoms with Gasteiger partial charge >= 0.3 is 12.0 Å². The molecule has 0 aliphatic heterocycles. The highest BCUT2D eigenvalue weighted by Gasteiger charge is 2.43. The van der Waals surface area contributed by atoms with E-state index in [1.54, 1.807) is 16.8 Å². The standard InChI is InChI=1S/C16H28N2O3/c1-12(13-7-8-13)17(2)15(21)18(3)16(11-14(19)20)9-5-4-6-10-16/h12-13H,4-11H2,1-3H3,(H,19,20). The molecule has 0 aromatic rings. The van der Waals surface area contributed by atoms with Gasteiger partial charge in [0.2, 0.25) is 0 Å². The molecule has 21 heavy (non-hydrogen) atoms. The average Bonchev–Trinajstić information content (AvgIpc) is 3.29. The maximum atomic E-state index is 12.8. The van der Waals surface area contributed by atoms with Crippen molar-refractivity contribution in [2.24, 2.45) is 5.92 Å². The summed E-state index contributed by atoms with van der Waals surface area (Å²) in [6, 6.07) is 0.211. The molecule has 0 saturated heterocycles. The van der Waals surface area contributed by atoms with Crippen LogP contribution in [0.15, 0.2) is 0 Å². The van der Waals surface area contributed by atoms with Gasteiger partial charge in [0.25, 0.3) is 0 Å². The summed E-state index contributed by atoms with van der Waals surface area (Å²) >= 11 is 0. The molecule has 1 atom stereocenters. The second kappa shape index (κ2) is 6.24. The maximum absolute atomic E-state index is 12.8. The summed E-state index contributed by atoms with van der Waals surface area (Å²) in [4.78, 5) is 27.6. The quantitative estimate of drug-likeness (QED) is 0.848. The first kappa shape index (κ1) is 16.1. The zero-order valence-corrected chi connectivity index (χ0v) is 13.5. The van der Waals surface area contributed by atoms with E-state index in [1.807, 2.05) is 7.05 Å². The number of carboxylic acid groups (broad SMARTS) is 1. The highest BCUT2D eigenvalue weighted by Crippen LogP contribution is 2.38. The lowest BCUT2D eigenvalue weighted by molar-refractivity contribution is -0.140. The lowest BCUT2D eigenvalue weighted by Crippen LogP contribution is -2.56. The zero-order valence-electron chi connectivity index (χ0n) is 13.5. The van der Waals surface area contributed by atoms with Crippen LogP contribution in [0.25, 0.3) is 0 Å². The number of carbonyl (C=O) groups is 2. The van der Waals surface area contributed by atoms with Crippen molar-refractivity contribution in [2.45, 2.75) is 69.9 Å². The van der Waals surface area contributed by atoms with Crippen molar-refractivity contribution in [3.05, 3.63) is 0 Å². The van der Waals surface area contributed by atoms with E-state index < -0.39 is 11.5 Å². The third kappa shape index (κ3) is 3.50. The first-order chi connectivity index (χ1) is 9.87. The Hall–Kier alpha value is -1.26. The van der Waals surface area contributed by atoms with Crippen LogP contribution in [0, 0.1) is 5.92 Å². The Morgan fingerprint density at radius 2 is 1.76 bits per heavy atom. The van der Waals surface area contributed by atoms with Crippen molar-refractivity contribution in [2.75, 3.05) is 14.1 Å². The molecule has 2 aliphatic carbocycles. The molecule has 0 aromatic heterocycles. The molecule has 1 N–H and O–H groups in total. The second-order valence-corrected chi connectivity index (χ2v) is 6.89. The molecule has 0 spiro atoms. The van der Waals surface area contributed by atoms with E-state index in [-0.39, 0.29) is 18.5 Å². The number of hydrogen-bond donors (Lipinski definition) is 1. The van der Waals surface area contributed by atoms with E-state index in [2.05, 4.69) is 6.92 Å². The third-order valence-electron chi connectivity index (χ3n) is 5.48. The van der Waals surface area contributed by atoms with E-state index in [4.69, 9.17) is 0 Å². The molecule has 2 amide bonds. The number of rotatable bonds is 5. The Morgan fingerprint density at radius 1 is 1.19 bits per heavy atom. The van der Waals surface area contributed by atoms with Crippen LogP contribution in [-0.4, -0.2) is 52.6 Å². The minimum Gasteiger partial charge on any atom is -0.481 e. The van der Waals surface area contributed by atoms with Crippen molar-refractivity contribution in [3.63, 3.8) is 0 Å². The van der Waals surface area contributed by atoms with Gasteiger partial charge in [-0.1, -0.05) is 19.3 Å². The number of amides is 2. The van der Waals surface area contributed by atoms with Gasteiger partial charge in [0, 0.05) is 20.1 Å². The minimum atomic E-state index is -0.811. The Balaban J connectivity index is 2.10. The average molecular weight is 296 g/mol. The van der Waals surface area contributed by atoms with E-state index in [0.717, 1.165) is 32.1 Å². The van der Waals surface area contributed by atoms with Crippen LogP contribution in [0.4, 0.5) is 4.79 Å². The summed E-state index contributed by atoms with van der Waals surface area (Å²) in [5.74, 6) is -0.191. The Kier molecular flexibility index (Phi) is 4.79. The molecule has 0 aromatic carbocycles. The predicted octanol–water partition coefficient (Wildman–Crippen LogP) is 2.95. The first-order valence-electron chi connectivity index (χ1n) is 8.10. The normalized spacial score (nSPS) is 22.4. The summed E-state index contributed by atoms with van der Waals surface area (Å²) in [6.07, 6.45) is 7.20. The molecule has 5 nitrogen and oxygen atoms in total. The van der Waals surface area contributed by atoms with Gasteiger partial charge in [-0.25, -0.2) is 4.79 Å². The van der Waals surface area contributed by atoms with Crippen LogP contribution in [-0.2, 0) is 4.79 Å². The fraction of sp³-hybridized carbons (Fsp3) is 0.875. The van der Waals surface area contributed by atoms with Gasteiger partial charge in [0.05, 0.1) is 12.0 Å². The molecule has 0 heterocycles. The lowest BCUT2D eigenvalue weighted by Gasteiger charge is -2.45. The van der Waals surface area contributed by atoms with Crippen molar-refractivity contribution in [3.8, 4) is 0 Å². The van der Waals surface area contributed by atoms with Gasteiger partial charge < -0.3 is 14.9 Å². The van der Waals surface area contributed by atoms with Crippen LogP contribution >= 0.6 is 0 Å². The fourth-order valence-electron chi connectivity index (χ4n) is 3.63. The lowest BCUT2D eigenvalue weighted by atomic mass is 9.78. The summed E-state index contributed by atoms with van der Waals surface area (Å²) in [7, 11) is 3.63. The summed E-state index contributed by atoms with van der Waals surface area (Å²) in [5.41, 5.74) is -0.501. The van der Waals surface area contributed by atoms with Crippen molar-refractivity contribution in [1.29, 1.82) is 0 Å². The Morgan fingerprint density at radius 3 is 2.24 bits per heavy atom. The summed E-state index contributed by atoms with van der Waals surface area (Å²) in [6.45, 7) is 2.09. The van der Waals surface area contributed by atoms with Crippen molar-refractivity contribution in [1.82, 2.24) is 9.80 Å². The zero-order chi connectivity index (χ0) is 15.6. The molecular weight excluding hydrogens is 268 g/mol. The van der Waals surface area contributed by atoms with Gasteiger partial charge in [-0.2, -0.15) is 0 Å².